The molecule has 6 heteroatoms. The highest BCUT2D eigenvalue weighted by Crippen LogP contribution is 2.18. The summed E-state index contributed by atoms with van der Waals surface area (Å²) in [5.41, 5.74) is 1.02. The van der Waals surface area contributed by atoms with Crippen LogP contribution in [0.5, 0.6) is 0 Å². The fraction of sp³-hybridized carbons (Fsp3) is 0.500. The fourth-order valence-electron chi connectivity index (χ4n) is 2.67. The SMILES string of the molecule is CC(C)c1ccc(NC2CCCN(c3ncccn3)C2)nn1. The summed E-state index contributed by atoms with van der Waals surface area (Å²) in [5, 5.41) is 12.0. The Labute approximate surface area is 131 Å². The van der Waals surface area contributed by atoms with Crippen molar-refractivity contribution in [2.45, 2.75) is 38.6 Å². The third kappa shape index (κ3) is 3.50. The van der Waals surface area contributed by atoms with Crippen molar-refractivity contribution in [3.8, 4) is 0 Å². The van der Waals surface area contributed by atoms with Gasteiger partial charge in [0.15, 0.2) is 0 Å². The quantitative estimate of drug-likeness (QED) is 0.935. The van der Waals surface area contributed by atoms with Gasteiger partial charge < -0.3 is 10.2 Å². The van der Waals surface area contributed by atoms with Crippen LogP contribution in [-0.4, -0.2) is 39.3 Å². The molecule has 0 saturated carbocycles. The molecule has 22 heavy (non-hydrogen) atoms. The standard InChI is InChI=1S/C16H22N6/c1-12(2)14-6-7-15(21-20-14)19-13-5-3-10-22(11-13)16-17-8-4-9-18-16/h4,6-9,12-13H,3,5,10-11H2,1-2H3,(H,19,21). The molecule has 0 bridgehead atoms. The third-order valence-corrected chi connectivity index (χ3v) is 3.89. The van der Waals surface area contributed by atoms with Crippen LogP contribution in [0.15, 0.2) is 30.6 Å². The highest BCUT2D eigenvalue weighted by Gasteiger charge is 2.21. The van der Waals surface area contributed by atoms with Crippen molar-refractivity contribution >= 4 is 11.8 Å². The number of hydrogen-bond donors (Lipinski definition) is 1. The van der Waals surface area contributed by atoms with Crippen LogP contribution in [0.2, 0.25) is 0 Å². The molecule has 1 atom stereocenters. The zero-order valence-electron chi connectivity index (χ0n) is 13.1. The molecule has 2 aromatic heterocycles. The molecule has 1 aliphatic heterocycles. The zero-order chi connectivity index (χ0) is 15.4. The van der Waals surface area contributed by atoms with Gasteiger partial charge in [-0.25, -0.2) is 9.97 Å². The van der Waals surface area contributed by atoms with Gasteiger partial charge in [0, 0.05) is 31.5 Å². The Balaban J connectivity index is 1.63. The second-order valence-electron chi connectivity index (χ2n) is 5.98. The van der Waals surface area contributed by atoms with Gasteiger partial charge in [0.25, 0.3) is 0 Å². The van der Waals surface area contributed by atoms with E-state index in [0.29, 0.717) is 12.0 Å². The van der Waals surface area contributed by atoms with Gasteiger partial charge in [-0.2, -0.15) is 5.10 Å². The van der Waals surface area contributed by atoms with E-state index < -0.39 is 0 Å². The predicted octanol–water partition coefficient (Wildman–Crippen LogP) is 2.47. The molecule has 6 nitrogen and oxygen atoms in total. The molecule has 3 rings (SSSR count). The second-order valence-corrected chi connectivity index (χ2v) is 5.98. The van der Waals surface area contributed by atoms with Crippen LogP contribution in [0.4, 0.5) is 11.8 Å². The van der Waals surface area contributed by atoms with Crippen LogP contribution in [0.25, 0.3) is 0 Å². The first-order valence-electron chi connectivity index (χ1n) is 7.84. The van der Waals surface area contributed by atoms with Gasteiger partial charge in [0.2, 0.25) is 5.95 Å². The molecule has 0 radical (unpaired) electrons. The van der Waals surface area contributed by atoms with E-state index in [1.165, 1.54) is 0 Å². The molecule has 1 unspecified atom stereocenters. The third-order valence-electron chi connectivity index (χ3n) is 3.89. The van der Waals surface area contributed by atoms with E-state index in [1.54, 1.807) is 12.4 Å². The molecular formula is C16H22N6. The minimum absolute atomic E-state index is 0.344. The van der Waals surface area contributed by atoms with Crippen molar-refractivity contribution in [1.82, 2.24) is 20.2 Å². The Bertz CT molecular complexity index is 583. The van der Waals surface area contributed by atoms with Crippen molar-refractivity contribution in [3.63, 3.8) is 0 Å². The summed E-state index contributed by atoms with van der Waals surface area (Å²) in [6.45, 7) is 6.13. The highest BCUT2D eigenvalue weighted by atomic mass is 15.3. The molecule has 1 fully saturated rings. The van der Waals surface area contributed by atoms with Crippen LogP contribution in [0, 0.1) is 0 Å². The first-order chi connectivity index (χ1) is 10.7. The lowest BCUT2D eigenvalue weighted by Gasteiger charge is -2.33. The van der Waals surface area contributed by atoms with Gasteiger partial charge in [-0.1, -0.05) is 13.8 Å². The van der Waals surface area contributed by atoms with Crippen LogP contribution in [0.3, 0.4) is 0 Å². The van der Waals surface area contributed by atoms with Crippen LogP contribution < -0.4 is 10.2 Å². The van der Waals surface area contributed by atoms with Crippen molar-refractivity contribution in [1.29, 1.82) is 0 Å². The average molecular weight is 298 g/mol. The maximum absolute atomic E-state index is 4.33. The molecule has 0 aliphatic carbocycles. The van der Waals surface area contributed by atoms with Gasteiger partial charge in [-0.05, 0) is 37.0 Å². The molecular weight excluding hydrogens is 276 g/mol. The first kappa shape index (κ1) is 14.7. The van der Waals surface area contributed by atoms with E-state index >= 15 is 0 Å². The van der Waals surface area contributed by atoms with E-state index in [-0.39, 0.29) is 0 Å². The number of nitrogens with one attached hydrogen (secondary N) is 1. The molecule has 1 aliphatic rings. The fourth-order valence-corrected chi connectivity index (χ4v) is 2.67. The van der Waals surface area contributed by atoms with Crippen molar-refractivity contribution in [2.75, 3.05) is 23.3 Å². The molecule has 1 N–H and O–H groups in total. The van der Waals surface area contributed by atoms with Gasteiger partial charge in [-0.3, -0.25) is 0 Å². The molecule has 0 aromatic carbocycles. The van der Waals surface area contributed by atoms with Gasteiger partial charge in [0.1, 0.15) is 5.82 Å². The predicted molar refractivity (Wildman–Crippen MR) is 87.0 cm³/mol. The van der Waals surface area contributed by atoms with Crippen LogP contribution in [0.1, 0.15) is 38.3 Å². The van der Waals surface area contributed by atoms with E-state index in [4.69, 9.17) is 0 Å². The maximum atomic E-state index is 4.33. The van der Waals surface area contributed by atoms with Gasteiger partial charge >= 0.3 is 0 Å². The molecule has 0 spiro atoms. The van der Waals surface area contributed by atoms with Crippen molar-refractivity contribution in [2.24, 2.45) is 0 Å². The Morgan fingerprint density at radius 3 is 2.68 bits per heavy atom. The monoisotopic (exact) mass is 298 g/mol. The lowest BCUT2D eigenvalue weighted by Crippen LogP contribution is -2.43. The Morgan fingerprint density at radius 1 is 1.18 bits per heavy atom. The maximum Gasteiger partial charge on any atom is 0.225 e. The number of piperidine rings is 1. The largest absolute Gasteiger partial charge is 0.364 e. The van der Waals surface area contributed by atoms with Gasteiger partial charge in [0.05, 0.1) is 5.69 Å². The zero-order valence-corrected chi connectivity index (χ0v) is 13.1. The lowest BCUT2D eigenvalue weighted by atomic mass is 10.1. The molecule has 1 saturated heterocycles. The van der Waals surface area contributed by atoms with Crippen molar-refractivity contribution in [3.05, 3.63) is 36.3 Å². The number of rotatable bonds is 4. The minimum Gasteiger partial charge on any atom is -0.364 e. The normalized spacial score (nSPS) is 18.5. The summed E-state index contributed by atoms with van der Waals surface area (Å²) < 4.78 is 0. The van der Waals surface area contributed by atoms with E-state index in [9.17, 15) is 0 Å². The molecule has 2 aromatic rings. The average Bonchev–Trinajstić information content (AvgIpc) is 2.56. The number of anilines is 2. The number of hydrogen-bond acceptors (Lipinski definition) is 6. The topological polar surface area (TPSA) is 66.8 Å². The summed E-state index contributed by atoms with van der Waals surface area (Å²) in [7, 11) is 0. The van der Waals surface area contributed by atoms with E-state index in [0.717, 1.165) is 43.4 Å². The van der Waals surface area contributed by atoms with Gasteiger partial charge in [-0.15, -0.1) is 5.10 Å². The van der Waals surface area contributed by atoms with E-state index in [1.807, 2.05) is 18.2 Å². The first-order valence-corrected chi connectivity index (χ1v) is 7.84. The summed E-state index contributed by atoms with van der Waals surface area (Å²) in [5.74, 6) is 2.04. The molecule has 3 heterocycles. The Kier molecular flexibility index (Phi) is 4.46. The minimum atomic E-state index is 0.344. The van der Waals surface area contributed by atoms with Crippen molar-refractivity contribution < 1.29 is 0 Å². The highest BCUT2D eigenvalue weighted by molar-refractivity contribution is 5.37. The smallest absolute Gasteiger partial charge is 0.225 e. The molecule has 116 valence electrons. The lowest BCUT2D eigenvalue weighted by molar-refractivity contribution is 0.521. The summed E-state index contributed by atoms with van der Waals surface area (Å²) in [6, 6.07) is 6.24. The van der Waals surface area contributed by atoms with E-state index in [2.05, 4.69) is 44.2 Å². The van der Waals surface area contributed by atoms with Crippen LogP contribution in [-0.2, 0) is 0 Å². The number of nitrogens with zero attached hydrogens (tertiary/aromatic N) is 5. The summed E-state index contributed by atoms with van der Waals surface area (Å²) in [4.78, 5) is 10.9. The number of aromatic nitrogens is 4. The summed E-state index contributed by atoms with van der Waals surface area (Å²) >= 11 is 0. The second kappa shape index (κ2) is 6.68. The Morgan fingerprint density at radius 2 is 2.00 bits per heavy atom. The van der Waals surface area contributed by atoms with Crippen LogP contribution >= 0.6 is 0 Å². The Hall–Kier alpha value is -2.24. The molecule has 0 amide bonds. The summed E-state index contributed by atoms with van der Waals surface area (Å²) in [6.07, 6.45) is 5.81.